The van der Waals surface area contributed by atoms with Crippen LogP contribution in [0.25, 0.3) is 0 Å². The number of benzene rings is 1. The van der Waals surface area contributed by atoms with Crippen LogP contribution < -0.4 is 0 Å². The molecule has 2 rings (SSSR count). The van der Waals surface area contributed by atoms with E-state index in [0.29, 0.717) is 31.0 Å². The van der Waals surface area contributed by atoms with Crippen molar-refractivity contribution >= 4 is 11.9 Å². The summed E-state index contributed by atoms with van der Waals surface area (Å²) >= 11 is 0. The molecule has 132 valence electrons. The van der Waals surface area contributed by atoms with Crippen LogP contribution in [0.5, 0.6) is 0 Å². The quantitative estimate of drug-likeness (QED) is 0.623. The number of amides is 1. The van der Waals surface area contributed by atoms with Crippen molar-refractivity contribution in [3.8, 4) is 0 Å². The van der Waals surface area contributed by atoms with Crippen LogP contribution in [-0.4, -0.2) is 36.5 Å². The van der Waals surface area contributed by atoms with Gasteiger partial charge in [0.25, 0.3) is 5.91 Å². The topological polar surface area (TPSA) is 46.6 Å². The van der Waals surface area contributed by atoms with Crippen LogP contribution >= 0.6 is 0 Å². The highest BCUT2D eigenvalue weighted by Gasteiger charge is 2.37. The number of hydrogen-bond acceptors (Lipinski definition) is 3. The van der Waals surface area contributed by atoms with Gasteiger partial charge in [-0.15, -0.1) is 0 Å². The van der Waals surface area contributed by atoms with Crippen molar-refractivity contribution in [2.24, 2.45) is 5.92 Å². The molecule has 4 nitrogen and oxygen atoms in total. The van der Waals surface area contributed by atoms with Crippen molar-refractivity contribution < 1.29 is 31.9 Å². The van der Waals surface area contributed by atoms with Gasteiger partial charge in [-0.1, -0.05) is 0 Å². The predicted octanol–water partition coefficient (Wildman–Crippen LogP) is 3.26. The first kappa shape index (κ1) is 18.2. The minimum Gasteiger partial charge on any atom is -0.466 e. The summed E-state index contributed by atoms with van der Waals surface area (Å²) in [4.78, 5) is 25.2. The first-order chi connectivity index (χ1) is 11.2. The highest BCUT2D eigenvalue weighted by molar-refractivity contribution is 5.96. The van der Waals surface area contributed by atoms with Crippen molar-refractivity contribution in [2.75, 3.05) is 19.7 Å². The van der Waals surface area contributed by atoms with Crippen molar-refractivity contribution in [1.29, 1.82) is 0 Å². The number of carbonyl (C=O) groups excluding carboxylic acids is 2. The van der Waals surface area contributed by atoms with E-state index in [1.54, 1.807) is 6.92 Å². The van der Waals surface area contributed by atoms with E-state index in [2.05, 4.69) is 0 Å². The molecule has 1 aliphatic heterocycles. The molecule has 0 saturated carbocycles. The van der Waals surface area contributed by atoms with Gasteiger partial charge in [-0.05, 0) is 38.0 Å². The summed E-state index contributed by atoms with van der Waals surface area (Å²) in [6, 6.07) is 1.84. The highest BCUT2D eigenvalue weighted by atomic mass is 19.4. The number of rotatable bonds is 3. The van der Waals surface area contributed by atoms with E-state index in [4.69, 9.17) is 4.74 Å². The molecule has 1 aromatic rings. The number of alkyl halides is 3. The summed E-state index contributed by atoms with van der Waals surface area (Å²) in [6.07, 6.45) is -4.13. The molecule has 1 heterocycles. The van der Waals surface area contributed by atoms with Crippen LogP contribution in [0.2, 0.25) is 0 Å². The molecule has 24 heavy (non-hydrogen) atoms. The number of piperidine rings is 1. The third-order valence-electron chi connectivity index (χ3n) is 3.92. The second kappa shape index (κ2) is 7.19. The Balaban J connectivity index is 2.14. The third kappa shape index (κ3) is 4.04. The molecule has 1 fully saturated rings. The Morgan fingerprint density at radius 3 is 2.42 bits per heavy atom. The fourth-order valence-corrected chi connectivity index (χ4v) is 2.69. The van der Waals surface area contributed by atoms with Crippen LogP contribution in [0, 0.1) is 11.7 Å². The Morgan fingerprint density at radius 2 is 1.88 bits per heavy atom. The molecular formula is C16H17F4NO3. The average Bonchev–Trinajstić information content (AvgIpc) is 2.53. The maximum Gasteiger partial charge on any atom is 0.417 e. The van der Waals surface area contributed by atoms with Crippen LogP contribution in [0.4, 0.5) is 17.6 Å². The van der Waals surface area contributed by atoms with Gasteiger partial charge in [0.05, 0.1) is 23.7 Å². The number of likely N-dealkylation sites (tertiary alicyclic amines) is 1. The normalized spacial score (nSPS) is 16.1. The lowest BCUT2D eigenvalue weighted by atomic mass is 9.96. The summed E-state index contributed by atoms with van der Waals surface area (Å²) in [7, 11) is 0. The van der Waals surface area contributed by atoms with Crippen molar-refractivity contribution in [1.82, 2.24) is 4.90 Å². The molecule has 1 saturated heterocycles. The van der Waals surface area contributed by atoms with E-state index >= 15 is 0 Å². The fourth-order valence-electron chi connectivity index (χ4n) is 2.69. The minimum atomic E-state index is -4.75. The number of ether oxygens (including phenoxy) is 1. The Kier molecular flexibility index (Phi) is 5.46. The maximum absolute atomic E-state index is 13.3. The summed E-state index contributed by atoms with van der Waals surface area (Å²) in [6.45, 7) is 2.17. The van der Waals surface area contributed by atoms with Gasteiger partial charge in [-0.2, -0.15) is 13.2 Å². The van der Waals surface area contributed by atoms with Gasteiger partial charge >= 0.3 is 12.1 Å². The zero-order chi connectivity index (χ0) is 17.9. The molecule has 0 radical (unpaired) electrons. The van der Waals surface area contributed by atoms with Gasteiger partial charge < -0.3 is 9.64 Å². The molecule has 0 aliphatic carbocycles. The number of halogens is 4. The monoisotopic (exact) mass is 347 g/mol. The van der Waals surface area contributed by atoms with Gasteiger partial charge in [0.2, 0.25) is 0 Å². The lowest BCUT2D eigenvalue weighted by Gasteiger charge is -2.31. The van der Waals surface area contributed by atoms with E-state index in [1.807, 2.05) is 0 Å². The Labute approximate surface area is 136 Å². The summed E-state index contributed by atoms with van der Waals surface area (Å²) in [5, 5.41) is 0. The second-order valence-corrected chi connectivity index (χ2v) is 5.51. The fraction of sp³-hybridized carbons (Fsp3) is 0.500. The Morgan fingerprint density at radius 1 is 1.25 bits per heavy atom. The van der Waals surface area contributed by atoms with Crippen LogP contribution in [-0.2, 0) is 15.7 Å². The van der Waals surface area contributed by atoms with E-state index in [1.165, 1.54) is 4.90 Å². The zero-order valence-corrected chi connectivity index (χ0v) is 13.0. The van der Waals surface area contributed by atoms with E-state index in [-0.39, 0.29) is 31.6 Å². The number of esters is 1. The second-order valence-electron chi connectivity index (χ2n) is 5.51. The SMILES string of the molecule is CCOC(=O)C1CCN(C(=O)c2cc(F)ccc2C(F)(F)F)CC1. The van der Waals surface area contributed by atoms with E-state index in [0.717, 1.165) is 0 Å². The van der Waals surface area contributed by atoms with Gasteiger partial charge in [-0.3, -0.25) is 9.59 Å². The molecule has 1 aliphatic rings. The van der Waals surface area contributed by atoms with Crippen molar-refractivity contribution in [3.63, 3.8) is 0 Å². The zero-order valence-electron chi connectivity index (χ0n) is 13.0. The first-order valence-electron chi connectivity index (χ1n) is 7.56. The number of nitrogens with zero attached hydrogens (tertiary/aromatic N) is 1. The van der Waals surface area contributed by atoms with E-state index in [9.17, 15) is 27.2 Å². The number of hydrogen-bond donors (Lipinski definition) is 0. The molecule has 0 bridgehead atoms. The molecule has 0 spiro atoms. The van der Waals surface area contributed by atoms with Crippen molar-refractivity contribution in [3.05, 3.63) is 35.1 Å². The molecule has 8 heteroatoms. The smallest absolute Gasteiger partial charge is 0.417 e. The lowest BCUT2D eigenvalue weighted by molar-refractivity contribution is -0.149. The molecule has 0 N–H and O–H groups in total. The molecule has 0 atom stereocenters. The van der Waals surface area contributed by atoms with E-state index < -0.39 is 29.0 Å². The highest BCUT2D eigenvalue weighted by Crippen LogP contribution is 2.33. The van der Waals surface area contributed by atoms with Gasteiger partial charge in [0.15, 0.2) is 0 Å². The molecule has 0 aromatic heterocycles. The van der Waals surface area contributed by atoms with Crippen LogP contribution in [0.1, 0.15) is 35.7 Å². The van der Waals surface area contributed by atoms with Crippen molar-refractivity contribution in [2.45, 2.75) is 25.9 Å². The molecule has 1 aromatic carbocycles. The van der Waals surface area contributed by atoms with Gasteiger partial charge in [0.1, 0.15) is 5.82 Å². The van der Waals surface area contributed by atoms with Gasteiger partial charge in [-0.25, -0.2) is 4.39 Å². The Bertz CT molecular complexity index is 622. The standard InChI is InChI=1S/C16H17F4NO3/c1-2-24-15(23)10-5-7-21(8-6-10)14(22)12-9-11(17)3-4-13(12)16(18,19)20/h3-4,9-10H,2,5-8H2,1H3. The molecule has 0 unspecified atom stereocenters. The average molecular weight is 347 g/mol. The summed E-state index contributed by atoms with van der Waals surface area (Å²) in [5.41, 5.74) is -1.88. The van der Waals surface area contributed by atoms with Gasteiger partial charge in [0, 0.05) is 13.1 Å². The number of carbonyl (C=O) groups is 2. The predicted molar refractivity (Wildman–Crippen MR) is 76.7 cm³/mol. The minimum absolute atomic E-state index is 0.121. The summed E-state index contributed by atoms with van der Waals surface area (Å²) < 4.78 is 57.2. The Hall–Kier alpha value is -2.12. The largest absolute Gasteiger partial charge is 0.466 e. The summed E-state index contributed by atoms with van der Waals surface area (Å²) in [5.74, 6) is -2.54. The first-order valence-corrected chi connectivity index (χ1v) is 7.56. The third-order valence-corrected chi connectivity index (χ3v) is 3.92. The molecular weight excluding hydrogens is 330 g/mol. The molecule has 1 amide bonds. The maximum atomic E-state index is 13.3. The lowest BCUT2D eigenvalue weighted by Crippen LogP contribution is -2.41. The van der Waals surface area contributed by atoms with Crippen LogP contribution in [0.15, 0.2) is 18.2 Å². The van der Waals surface area contributed by atoms with Crippen LogP contribution in [0.3, 0.4) is 0 Å².